The lowest BCUT2D eigenvalue weighted by atomic mass is 10.1. The Kier molecular flexibility index (Phi) is 7.82. The maximum Gasteiger partial charge on any atom is 0.673 e. The monoisotopic (exact) mass is 389 g/mol. The van der Waals surface area contributed by atoms with Crippen LogP contribution < -0.4 is 4.48 Å². The van der Waals surface area contributed by atoms with E-state index in [1.807, 2.05) is 0 Å². The predicted molar refractivity (Wildman–Crippen MR) is 110 cm³/mol. The maximum atomic E-state index is 9.75. The van der Waals surface area contributed by atoms with Crippen molar-refractivity contribution >= 4 is 24.3 Å². The highest BCUT2D eigenvalue weighted by atomic mass is 19.5. The second-order valence-corrected chi connectivity index (χ2v) is 6.39. The zero-order valence-corrected chi connectivity index (χ0v) is 15.8. The van der Waals surface area contributed by atoms with Gasteiger partial charge in [-0.25, -0.2) is 4.48 Å². The molecule has 148 valence electrons. The van der Waals surface area contributed by atoms with E-state index in [9.17, 15) is 17.3 Å². The zero-order valence-electron chi connectivity index (χ0n) is 15.8. The van der Waals surface area contributed by atoms with Crippen molar-refractivity contribution in [3.05, 3.63) is 91.0 Å². The Labute approximate surface area is 163 Å². The molecular formula is C22H24BF4N. The van der Waals surface area contributed by atoms with Gasteiger partial charge in [-0.05, 0) is 42.8 Å². The van der Waals surface area contributed by atoms with Crippen molar-refractivity contribution in [2.45, 2.75) is 19.8 Å². The lowest BCUT2D eigenvalue weighted by molar-refractivity contribution is 0.368. The van der Waals surface area contributed by atoms with Gasteiger partial charge in [0.05, 0.1) is 6.54 Å². The van der Waals surface area contributed by atoms with Crippen LogP contribution in [0.5, 0.6) is 0 Å². The first-order chi connectivity index (χ1) is 13.4. The normalized spacial score (nSPS) is 11.5. The highest BCUT2D eigenvalue weighted by Crippen LogP contribution is 2.43. The van der Waals surface area contributed by atoms with E-state index in [4.69, 9.17) is 0 Å². The summed E-state index contributed by atoms with van der Waals surface area (Å²) in [5, 5.41) is 0. The van der Waals surface area contributed by atoms with E-state index in [1.165, 1.54) is 29.9 Å². The van der Waals surface area contributed by atoms with E-state index in [0.717, 1.165) is 11.0 Å². The molecule has 0 bridgehead atoms. The van der Waals surface area contributed by atoms with E-state index in [-0.39, 0.29) is 0 Å². The molecule has 0 N–H and O–H groups in total. The number of rotatable bonds is 6. The van der Waals surface area contributed by atoms with Gasteiger partial charge in [-0.15, -0.1) is 0 Å². The molecule has 0 amide bonds. The Hall–Kier alpha value is -2.60. The van der Waals surface area contributed by atoms with Crippen LogP contribution >= 0.6 is 0 Å². The van der Waals surface area contributed by atoms with E-state index < -0.39 is 7.25 Å². The third kappa shape index (κ3) is 5.96. The molecule has 0 saturated carbocycles. The Balaban J connectivity index is 0.000000500. The van der Waals surface area contributed by atoms with Gasteiger partial charge < -0.3 is 17.3 Å². The zero-order chi connectivity index (χ0) is 20.5. The van der Waals surface area contributed by atoms with Crippen molar-refractivity contribution in [1.29, 1.82) is 0 Å². The number of hydrogen-bond acceptors (Lipinski definition) is 0. The average molecular weight is 389 g/mol. The second kappa shape index (κ2) is 10.1. The summed E-state index contributed by atoms with van der Waals surface area (Å²) >= 11 is 0. The fraction of sp³-hybridized carbons (Fsp3) is 0.182. The fourth-order valence-electron chi connectivity index (χ4n) is 3.28. The smallest absolute Gasteiger partial charge is 0.418 e. The van der Waals surface area contributed by atoms with Crippen LogP contribution in [0.15, 0.2) is 91.0 Å². The Morgan fingerprint density at radius 3 is 1.14 bits per heavy atom. The van der Waals surface area contributed by atoms with Crippen molar-refractivity contribution in [2.24, 2.45) is 0 Å². The summed E-state index contributed by atoms with van der Waals surface area (Å²) in [6, 6.07) is 32.6. The summed E-state index contributed by atoms with van der Waals surface area (Å²) in [4.78, 5) is 0. The van der Waals surface area contributed by atoms with Crippen LogP contribution in [-0.2, 0) is 0 Å². The van der Waals surface area contributed by atoms with Crippen LogP contribution in [0.2, 0.25) is 0 Å². The van der Waals surface area contributed by atoms with Crippen molar-refractivity contribution in [2.75, 3.05) is 6.54 Å². The molecule has 0 aliphatic heterocycles. The highest BCUT2D eigenvalue weighted by Gasteiger charge is 2.35. The van der Waals surface area contributed by atoms with Crippen LogP contribution in [0.25, 0.3) is 0 Å². The van der Waals surface area contributed by atoms with Crippen molar-refractivity contribution in [1.82, 2.24) is 4.48 Å². The van der Waals surface area contributed by atoms with Crippen LogP contribution in [0.1, 0.15) is 19.8 Å². The SMILES string of the molecule is CCCC[N+](c1ccccc1)(c1ccccc1)c1ccccc1.F[B-](F)(F)F. The van der Waals surface area contributed by atoms with Gasteiger partial charge in [0.1, 0.15) is 17.1 Å². The summed E-state index contributed by atoms with van der Waals surface area (Å²) in [7, 11) is -6.00. The third-order valence-corrected chi connectivity index (χ3v) is 4.44. The molecule has 0 spiro atoms. The fourth-order valence-corrected chi connectivity index (χ4v) is 3.28. The third-order valence-electron chi connectivity index (χ3n) is 4.44. The molecule has 0 heterocycles. The molecule has 1 nitrogen and oxygen atoms in total. The van der Waals surface area contributed by atoms with Gasteiger partial charge in [-0.2, -0.15) is 0 Å². The molecule has 0 fully saturated rings. The lowest BCUT2D eigenvalue weighted by Crippen LogP contribution is -2.39. The van der Waals surface area contributed by atoms with E-state index >= 15 is 0 Å². The highest BCUT2D eigenvalue weighted by molar-refractivity contribution is 6.50. The van der Waals surface area contributed by atoms with Crippen LogP contribution in [0.4, 0.5) is 34.3 Å². The van der Waals surface area contributed by atoms with E-state index in [0.29, 0.717) is 0 Å². The number of unbranched alkanes of at least 4 members (excludes halogenated alkanes) is 1. The molecule has 0 aromatic heterocycles. The molecular weight excluding hydrogens is 365 g/mol. The molecule has 0 atom stereocenters. The maximum absolute atomic E-state index is 9.75. The van der Waals surface area contributed by atoms with E-state index in [2.05, 4.69) is 97.9 Å². The quantitative estimate of drug-likeness (QED) is 0.230. The van der Waals surface area contributed by atoms with Crippen molar-refractivity contribution < 1.29 is 17.3 Å². The van der Waals surface area contributed by atoms with Gasteiger partial charge in [-0.3, -0.25) is 0 Å². The molecule has 3 aromatic rings. The van der Waals surface area contributed by atoms with Gasteiger partial charge in [0, 0.05) is 0 Å². The molecule has 3 aromatic carbocycles. The van der Waals surface area contributed by atoms with Gasteiger partial charge in [0.25, 0.3) is 0 Å². The number of quaternary nitrogens is 1. The van der Waals surface area contributed by atoms with Crippen molar-refractivity contribution in [3.8, 4) is 0 Å². The summed E-state index contributed by atoms with van der Waals surface area (Å²) < 4.78 is 39.8. The molecule has 28 heavy (non-hydrogen) atoms. The average Bonchev–Trinajstić information content (AvgIpc) is 2.70. The van der Waals surface area contributed by atoms with Crippen LogP contribution in [0.3, 0.4) is 0 Å². The van der Waals surface area contributed by atoms with E-state index in [1.54, 1.807) is 0 Å². The standard InChI is InChI=1S/C22H24N.BF4/c1-2-3-19-23(20-13-7-4-8-14-20,21-15-9-5-10-16-21)22-17-11-6-12-18-22;2-1(3,4)5/h4-18H,2-3,19H2,1H3;/q+1;-1. The van der Waals surface area contributed by atoms with Gasteiger partial charge in [0.15, 0.2) is 0 Å². The Morgan fingerprint density at radius 2 is 0.893 bits per heavy atom. The van der Waals surface area contributed by atoms with Gasteiger partial charge >= 0.3 is 7.25 Å². The number of para-hydroxylation sites is 3. The summed E-state index contributed by atoms with van der Waals surface area (Å²) in [5.74, 6) is 0. The number of benzene rings is 3. The largest absolute Gasteiger partial charge is 0.673 e. The molecule has 0 aliphatic carbocycles. The minimum absolute atomic E-state index is 0.774. The number of halogens is 4. The Bertz CT molecular complexity index is 706. The first kappa shape index (κ1) is 21.7. The van der Waals surface area contributed by atoms with Crippen LogP contribution in [-0.4, -0.2) is 13.8 Å². The van der Waals surface area contributed by atoms with Crippen LogP contribution in [0, 0.1) is 0 Å². The second-order valence-electron chi connectivity index (χ2n) is 6.39. The summed E-state index contributed by atoms with van der Waals surface area (Å²) in [6.07, 6.45) is 2.37. The minimum Gasteiger partial charge on any atom is -0.418 e. The lowest BCUT2D eigenvalue weighted by Gasteiger charge is -2.37. The molecule has 0 radical (unpaired) electrons. The van der Waals surface area contributed by atoms with Crippen molar-refractivity contribution in [3.63, 3.8) is 0 Å². The predicted octanol–water partition coefficient (Wildman–Crippen LogP) is 7.76. The Morgan fingerprint density at radius 1 is 0.607 bits per heavy atom. The number of hydrogen-bond donors (Lipinski definition) is 0. The summed E-state index contributed by atoms with van der Waals surface area (Å²) in [5.41, 5.74) is 3.95. The molecule has 0 saturated heterocycles. The molecule has 6 heteroatoms. The first-order valence-corrected chi connectivity index (χ1v) is 9.30. The van der Waals surface area contributed by atoms with Gasteiger partial charge in [0.2, 0.25) is 0 Å². The molecule has 0 unspecified atom stereocenters. The van der Waals surface area contributed by atoms with Gasteiger partial charge in [-0.1, -0.05) is 67.9 Å². The number of nitrogens with zero attached hydrogens (tertiary/aromatic N) is 1. The minimum atomic E-state index is -6.00. The molecule has 0 aliphatic rings. The first-order valence-electron chi connectivity index (χ1n) is 9.30. The molecule has 3 rings (SSSR count). The topological polar surface area (TPSA) is 0 Å². The summed E-state index contributed by atoms with van der Waals surface area (Å²) in [6.45, 7) is 3.32.